The third-order valence-electron chi connectivity index (χ3n) is 7.11. The predicted molar refractivity (Wildman–Crippen MR) is 182 cm³/mol. The molecule has 0 aliphatic rings. The maximum atomic E-state index is 12.5. The van der Waals surface area contributed by atoms with E-state index >= 15 is 0 Å². The number of hydrogen-bond acceptors (Lipinski definition) is 10. The highest BCUT2D eigenvalue weighted by Gasteiger charge is 2.08. The van der Waals surface area contributed by atoms with Gasteiger partial charge in [0, 0.05) is 37.5 Å². The summed E-state index contributed by atoms with van der Waals surface area (Å²) in [5.41, 5.74) is 9.86. The summed E-state index contributed by atoms with van der Waals surface area (Å²) in [7, 11) is 1.67. The van der Waals surface area contributed by atoms with Gasteiger partial charge in [0.2, 0.25) is 5.91 Å². The van der Waals surface area contributed by atoms with Crippen LogP contribution in [0.5, 0.6) is 5.75 Å². The lowest BCUT2D eigenvalue weighted by Crippen LogP contribution is -2.27. The number of carbonyl (C=O) groups is 2. The summed E-state index contributed by atoms with van der Waals surface area (Å²) in [5, 5.41) is 13.8. The van der Waals surface area contributed by atoms with Crippen molar-refractivity contribution in [3.05, 3.63) is 76.6 Å². The standard InChI is InChI=1S/C34H49ClN6O7/c1-44-32-23-27(3-2-12-35)4-7-29(32)10-16-45-19-14-37-34(43)30-8-5-28(6-9-30)24-38-33(42)11-17-46-21-22-47-20-15-41-25-31(39-40-41)26-48-18-13-36/h4-9,23,25H,2-3,10-22,24,26,36H2,1H3,(H,37,43)(H,38,42). The number of hydrogen-bond donors (Lipinski definition) is 3. The number of nitrogens with one attached hydrogen (secondary N) is 2. The molecule has 0 saturated carbocycles. The van der Waals surface area contributed by atoms with Crippen molar-refractivity contribution in [2.45, 2.75) is 45.4 Å². The van der Waals surface area contributed by atoms with Crippen LogP contribution in [-0.4, -0.2) is 99.1 Å². The number of aromatic nitrogens is 3. The van der Waals surface area contributed by atoms with Crippen LogP contribution in [0.4, 0.5) is 0 Å². The largest absolute Gasteiger partial charge is 0.496 e. The highest BCUT2D eigenvalue weighted by molar-refractivity contribution is 6.17. The van der Waals surface area contributed by atoms with Crippen molar-refractivity contribution >= 4 is 23.4 Å². The predicted octanol–water partition coefficient (Wildman–Crippen LogP) is 2.66. The molecule has 2 aromatic carbocycles. The number of nitrogens with zero attached hydrogens (tertiary/aromatic N) is 3. The highest BCUT2D eigenvalue weighted by atomic mass is 35.5. The number of rotatable bonds is 26. The Kier molecular flexibility index (Phi) is 19.2. The first-order valence-corrected chi connectivity index (χ1v) is 16.8. The quantitative estimate of drug-likeness (QED) is 0.0845. The van der Waals surface area contributed by atoms with Gasteiger partial charge in [0.05, 0.1) is 72.7 Å². The van der Waals surface area contributed by atoms with E-state index in [4.69, 9.17) is 41.0 Å². The van der Waals surface area contributed by atoms with E-state index in [0.29, 0.717) is 96.9 Å². The van der Waals surface area contributed by atoms with E-state index in [1.54, 1.807) is 23.9 Å². The Morgan fingerprint density at radius 2 is 1.65 bits per heavy atom. The number of carbonyl (C=O) groups excluding carboxylic acids is 2. The Labute approximate surface area is 287 Å². The van der Waals surface area contributed by atoms with Crippen LogP contribution in [0.2, 0.25) is 0 Å². The molecule has 2 amide bonds. The number of ether oxygens (including phenoxy) is 5. The monoisotopic (exact) mass is 688 g/mol. The molecule has 0 saturated heterocycles. The Balaban J connectivity index is 1.18. The molecule has 13 nitrogen and oxygen atoms in total. The topological polar surface area (TPSA) is 161 Å². The molecular formula is C34H49ClN6O7. The summed E-state index contributed by atoms with van der Waals surface area (Å²) in [6.45, 7) is 5.15. The number of aryl methyl sites for hydroxylation is 1. The van der Waals surface area contributed by atoms with Gasteiger partial charge in [0.25, 0.3) is 5.91 Å². The molecule has 14 heteroatoms. The SMILES string of the molecule is COc1cc(CCCCl)ccc1CCOCCNC(=O)c1ccc(CNC(=O)CCOCCOCCn2cc(COCCN)nn2)cc1. The van der Waals surface area contributed by atoms with Gasteiger partial charge in [0.1, 0.15) is 11.4 Å². The maximum Gasteiger partial charge on any atom is 0.251 e. The molecule has 0 atom stereocenters. The van der Waals surface area contributed by atoms with Crippen LogP contribution >= 0.6 is 11.6 Å². The molecular weight excluding hydrogens is 640 g/mol. The molecule has 3 rings (SSSR count). The van der Waals surface area contributed by atoms with Gasteiger partial charge in [-0.05, 0) is 54.2 Å². The van der Waals surface area contributed by atoms with Crippen molar-refractivity contribution in [3.63, 3.8) is 0 Å². The first-order chi connectivity index (χ1) is 23.5. The lowest BCUT2D eigenvalue weighted by molar-refractivity contribution is -0.122. The van der Waals surface area contributed by atoms with Crippen molar-refractivity contribution in [2.24, 2.45) is 5.73 Å². The second-order valence-corrected chi connectivity index (χ2v) is 11.2. The maximum absolute atomic E-state index is 12.5. The third-order valence-corrected chi connectivity index (χ3v) is 7.38. The summed E-state index contributed by atoms with van der Waals surface area (Å²) in [5.74, 6) is 1.19. The Morgan fingerprint density at radius 1 is 0.875 bits per heavy atom. The molecule has 1 heterocycles. The minimum absolute atomic E-state index is 0.118. The smallest absolute Gasteiger partial charge is 0.251 e. The van der Waals surface area contributed by atoms with Gasteiger partial charge >= 0.3 is 0 Å². The Morgan fingerprint density at radius 3 is 2.42 bits per heavy atom. The molecule has 0 aliphatic heterocycles. The molecule has 264 valence electrons. The van der Waals surface area contributed by atoms with Gasteiger partial charge in [-0.15, -0.1) is 16.7 Å². The van der Waals surface area contributed by atoms with Gasteiger partial charge < -0.3 is 40.1 Å². The number of alkyl halides is 1. The van der Waals surface area contributed by atoms with Crippen molar-refractivity contribution in [1.29, 1.82) is 0 Å². The average molecular weight is 689 g/mol. The molecule has 4 N–H and O–H groups in total. The number of amides is 2. The second kappa shape index (κ2) is 23.7. The van der Waals surface area contributed by atoms with Crippen LogP contribution in [0.1, 0.15) is 45.6 Å². The lowest BCUT2D eigenvalue weighted by atomic mass is 10.0. The average Bonchev–Trinajstić information content (AvgIpc) is 3.56. The zero-order valence-corrected chi connectivity index (χ0v) is 28.6. The zero-order valence-electron chi connectivity index (χ0n) is 27.8. The fourth-order valence-electron chi connectivity index (χ4n) is 4.53. The molecule has 0 fully saturated rings. The van der Waals surface area contributed by atoms with Crippen molar-refractivity contribution in [1.82, 2.24) is 25.6 Å². The number of benzene rings is 2. The molecule has 0 spiro atoms. The molecule has 0 unspecified atom stereocenters. The molecule has 0 radical (unpaired) electrons. The van der Waals surface area contributed by atoms with E-state index in [0.717, 1.165) is 35.4 Å². The first kappa shape index (κ1) is 38.9. The highest BCUT2D eigenvalue weighted by Crippen LogP contribution is 2.22. The number of methoxy groups -OCH3 is 1. The second-order valence-electron chi connectivity index (χ2n) is 10.8. The summed E-state index contributed by atoms with van der Waals surface area (Å²) >= 11 is 5.80. The lowest BCUT2D eigenvalue weighted by Gasteiger charge is -2.11. The molecule has 1 aromatic heterocycles. The summed E-state index contributed by atoms with van der Waals surface area (Å²) in [4.78, 5) is 24.7. The van der Waals surface area contributed by atoms with E-state index in [9.17, 15) is 9.59 Å². The summed E-state index contributed by atoms with van der Waals surface area (Å²) < 4.78 is 29.3. The number of nitrogens with two attached hydrogens (primary N) is 1. The van der Waals surface area contributed by atoms with E-state index in [1.165, 1.54) is 5.56 Å². The molecule has 0 aliphatic carbocycles. The van der Waals surface area contributed by atoms with Crippen LogP contribution in [-0.2, 0) is 56.3 Å². The molecule has 48 heavy (non-hydrogen) atoms. The third kappa shape index (κ3) is 15.5. The molecule has 3 aromatic rings. The van der Waals surface area contributed by atoms with Gasteiger partial charge in [-0.1, -0.05) is 29.5 Å². The summed E-state index contributed by atoms with van der Waals surface area (Å²) in [6, 6.07) is 13.3. The number of halogens is 1. The normalized spacial score (nSPS) is 11.1. The Bertz CT molecular complexity index is 1340. The van der Waals surface area contributed by atoms with Crippen LogP contribution in [0, 0.1) is 0 Å². The van der Waals surface area contributed by atoms with Gasteiger partial charge in [-0.3, -0.25) is 9.59 Å². The minimum Gasteiger partial charge on any atom is -0.496 e. The van der Waals surface area contributed by atoms with Crippen molar-refractivity contribution in [3.8, 4) is 5.75 Å². The van der Waals surface area contributed by atoms with Crippen molar-refractivity contribution in [2.75, 3.05) is 72.3 Å². The van der Waals surface area contributed by atoms with Crippen LogP contribution in [0.3, 0.4) is 0 Å². The van der Waals surface area contributed by atoms with Gasteiger partial charge in [-0.2, -0.15) is 0 Å². The first-order valence-electron chi connectivity index (χ1n) is 16.3. The van der Waals surface area contributed by atoms with Gasteiger partial charge in [-0.25, -0.2) is 4.68 Å². The minimum atomic E-state index is -0.179. The van der Waals surface area contributed by atoms with E-state index < -0.39 is 0 Å². The van der Waals surface area contributed by atoms with Crippen LogP contribution < -0.4 is 21.1 Å². The van der Waals surface area contributed by atoms with E-state index in [1.807, 2.05) is 18.3 Å². The van der Waals surface area contributed by atoms with E-state index in [-0.39, 0.29) is 18.2 Å². The summed E-state index contributed by atoms with van der Waals surface area (Å²) in [6.07, 6.45) is 4.62. The van der Waals surface area contributed by atoms with Crippen molar-refractivity contribution < 1.29 is 33.3 Å². The van der Waals surface area contributed by atoms with E-state index in [2.05, 4.69) is 39.1 Å². The van der Waals surface area contributed by atoms with Crippen LogP contribution in [0.15, 0.2) is 48.7 Å². The molecule has 0 bridgehead atoms. The Hall–Kier alpha value is -3.59. The fourth-order valence-corrected chi connectivity index (χ4v) is 4.66. The van der Waals surface area contributed by atoms with Gasteiger partial charge in [0.15, 0.2) is 0 Å². The fraction of sp³-hybridized carbons (Fsp3) is 0.529. The zero-order chi connectivity index (χ0) is 34.2. The van der Waals surface area contributed by atoms with Crippen LogP contribution in [0.25, 0.3) is 0 Å².